The number of carbonyl (C=O) groups is 5. The van der Waals surface area contributed by atoms with Gasteiger partial charge in [0.25, 0.3) is 0 Å². The molecule has 0 spiro atoms. The lowest BCUT2D eigenvalue weighted by Crippen LogP contribution is -2.33. The minimum Gasteiger partial charge on any atom is -0.451 e. The number of ketones is 2. The molecule has 0 amide bonds. The summed E-state index contributed by atoms with van der Waals surface area (Å²) in [6, 6.07) is 7.50. The maximum Gasteiger partial charge on any atom is 0.346 e. The van der Waals surface area contributed by atoms with E-state index in [2.05, 4.69) is 6.58 Å². The predicted molar refractivity (Wildman–Crippen MR) is 103 cm³/mol. The minimum absolute atomic E-state index is 0.142. The van der Waals surface area contributed by atoms with Crippen LogP contribution in [0.15, 0.2) is 42.5 Å². The van der Waals surface area contributed by atoms with E-state index in [0.29, 0.717) is 10.8 Å². The second kappa shape index (κ2) is 7.43. The molecule has 0 fully saturated rings. The molecule has 2 atom stereocenters. The highest BCUT2D eigenvalue weighted by atomic mass is 16.6. The number of hydrogen-bond acceptors (Lipinski definition) is 7. The first-order valence-corrected chi connectivity index (χ1v) is 8.90. The molecular formula is C22H18O7. The van der Waals surface area contributed by atoms with Crippen LogP contribution >= 0.6 is 0 Å². The molecule has 7 nitrogen and oxygen atoms in total. The van der Waals surface area contributed by atoms with Crippen LogP contribution in [0.2, 0.25) is 0 Å². The number of benzene rings is 2. The summed E-state index contributed by atoms with van der Waals surface area (Å²) in [4.78, 5) is 61.3. The maximum absolute atomic E-state index is 13.0. The van der Waals surface area contributed by atoms with E-state index >= 15 is 0 Å². The quantitative estimate of drug-likeness (QED) is 0.321. The molecule has 1 aliphatic rings. The van der Waals surface area contributed by atoms with E-state index < -0.39 is 41.5 Å². The first-order valence-electron chi connectivity index (χ1n) is 8.90. The van der Waals surface area contributed by atoms with Crippen molar-refractivity contribution in [1.29, 1.82) is 0 Å². The first kappa shape index (κ1) is 20.1. The number of cyclic esters (lactones) is 2. The van der Waals surface area contributed by atoms with Gasteiger partial charge in [0.05, 0.1) is 17.0 Å². The highest BCUT2D eigenvalue weighted by Crippen LogP contribution is 2.32. The largest absolute Gasteiger partial charge is 0.451 e. The van der Waals surface area contributed by atoms with Crippen LogP contribution in [-0.2, 0) is 19.1 Å². The Morgan fingerprint density at radius 3 is 2.24 bits per heavy atom. The summed E-state index contributed by atoms with van der Waals surface area (Å²) in [7, 11) is 0. The molecule has 2 aromatic rings. The van der Waals surface area contributed by atoms with E-state index in [1.165, 1.54) is 39.0 Å². The molecule has 148 valence electrons. The molecule has 0 N–H and O–H groups in total. The molecule has 29 heavy (non-hydrogen) atoms. The Hall–Kier alpha value is -3.61. The summed E-state index contributed by atoms with van der Waals surface area (Å²) >= 11 is 0. The molecule has 0 saturated heterocycles. The molecule has 1 heterocycles. The normalized spacial score (nSPS) is 14.7. The Kier molecular flexibility index (Phi) is 5.16. The average molecular weight is 394 g/mol. The third-order valence-corrected chi connectivity index (χ3v) is 4.78. The number of carbonyl (C=O) groups excluding carboxylic acids is 5. The van der Waals surface area contributed by atoms with Crippen molar-refractivity contribution in [2.24, 2.45) is 5.92 Å². The van der Waals surface area contributed by atoms with Crippen LogP contribution in [0.25, 0.3) is 10.8 Å². The van der Waals surface area contributed by atoms with Crippen LogP contribution in [0.1, 0.15) is 51.8 Å². The van der Waals surface area contributed by atoms with Crippen molar-refractivity contribution >= 4 is 40.2 Å². The average Bonchev–Trinajstić information content (AvgIpc) is 2.69. The third kappa shape index (κ3) is 3.47. The summed E-state index contributed by atoms with van der Waals surface area (Å²) in [6.45, 7) is 7.72. The predicted octanol–water partition coefficient (Wildman–Crippen LogP) is 3.05. The van der Waals surface area contributed by atoms with Gasteiger partial charge in [-0.3, -0.25) is 9.59 Å². The second-order valence-electron chi connectivity index (χ2n) is 6.88. The van der Waals surface area contributed by atoms with Gasteiger partial charge in [-0.1, -0.05) is 18.7 Å². The zero-order valence-corrected chi connectivity index (χ0v) is 16.1. The minimum atomic E-state index is -1.13. The number of ether oxygens (including phenoxy) is 2. The van der Waals surface area contributed by atoms with Gasteiger partial charge in [-0.15, -0.1) is 0 Å². The monoisotopic (exact) mass is 394 g/mol. The van der Waals surface area contributed by atoms with E-state index in [9.17, 15) is 24.0 Å². The molecule has 0 aromatic heterocycles. The summed E-state index contributed by atoms with van der Waals surface area (Å²) < 4.78 is 9.72. The molecule has 0 radical (unpaired) electrons. The van der Waals surface area contributed by atoms with E-state index in [1.807, 2.05) is 0 Å². The topological polar surface area (TPSA) is 104 Å². The van der Waals surface area contributed by atoms with Gasteiger partial charge in [0.1, 0.15) is 0 Å². The first-order chi connectivity index (χ1) is 13.6. The Balaban J connectivity index is 1.98. The van der Waals surface area contributed by atoms with Gasteiger partial charge in [0, 0.05) is 16.5 Å². The summed E-state index contributed by atoms with van der Waals surface area (Å²) in [5.74, 6) is -4.48. The van der Waals surface area contributed by atoms with Gasteiger partial charge in [-0.2, -0.15) is 0 Å². The van der Waals surface area contributed by atoms with E-state index in [-0.39, 0.29) is 22.3 Å². The maximum atomic E-state index is 13.0. The Labute approximate surface area is 166 Å². The van der Waals surface area contributed by atoms with Crippen LogP contribution in [0, 0.1) is 5.92 Å². The lowest BCUT2D eigenvalue weighted by atomic mass is 9.87. The molecule has 0 bridgehead atoms. The standard InChI is InChI=1S/C22H18O7/c1-10(2)20(25)28-12(4)18(23)11(3)19(24)14-8-9-16-17-13(14)6-5-7-15(17)21(26)29-22(16)27/h5-9,11-12H,1H2,2-4H3. The highest BCUT2D eigenvalue weighted by molar-refractivity contribution is 6.25. The van der Waals surface area contributed by atoms with Crippen LogP contribution in [0.4, 0.5) is 0 Å². The number of Topliss-reactive ketones (excluding diaryl/α,β-unsaturated/α-hetero) is 2. The number of rotatable bonds is 6. The van der Waals surface area contributed by atoms with Crippen LogP contribution in [-0.4, -0.2) is 35.6 Å². The van der Waals surface area contributed by atoms with Gasteiger partial charge < -0.3 is 9.47 Å². The van der Waals surface area contributed by atoms with Gasteiger partial charge in [0.15, 0.2) is 17.7 Å². The lowest BCUT2D eigenvalue weighted by molar-refractivity contribution is -0.151. The lowest BCUT2D eigenvalue weighted by Gasteiger charge is -2.19. The van der Waals surface area contributed by atoms with Gasteiger partial charge in [-0.25, -0.2) is 14.4 Å². The van der Waals surface area contributed by atoms with E-state index in [1.54, 1.807) is 12.1 Å². The van der Waals surface area contributed by atoms with Crippen molar-refractivity contribution in [3.8, 4) is 0 Å². The molecule has 3 rings (SSSR count). The molecule has 0 aliphatic carbocycles. The van der Waals surface area contributed by atoms with Gasteiger partial charge in [-0.05, 0) is 44.4 Å². The zero-order valence-electron chi connectivity index (χ0n) is 16.1. The van der Waals surface area contributed by atoms with Crippen molar-refractivity contribution in [2.45, 2.75) is 26.9 Å². The van der Waals surface area contributed by atoms with E-state index in [4.69, 9.17) is 9.47 Å². The van der Waals surface area contributed by atoms with Crippen molar-refractivity contribution in [3.63, 3.8) is 0 Å². The smallest absolute Gasteiger partial charge is 0.346 e. The van der Waals surface area contributed by atoms with Crippen molar-refractivity contribution in [1.82, 2.24) is 0 Å². The van der Waals surface area contributed by atoms with Gasteiger partial charge >= 0.3 is 17.9 Å². The van der Waals surface area contributed by atoms with Crippen LogP contribution in [0.5, 0.6) is 0 Å². The summed E-state index contributed by atoms with van der Waals surface area (Å²) in [5, 5.41) is 0.697. The molecule has 7 heteroatoms. The fraction of sp³-hybridized carbons (Fsp3) is 0.227. The Morgan fingerprint density at radius 1 is 1.00 bits per heavy atom. The number of hydrogen-bond donors (Lipinski definition) is 0. The molecule has 1 aliphatic heterocycles. The molecule has 2 aromatic carbocycles. The number of esters is 3. The second-order valence-corrected chi connectivity index (χ2v) is 6.88. The highest BCUT2D eigenvalue weighted by Gasteiger charge is 2.33. The van der Waals surface area contributed by atoms with Gasteiger partial charge in [0.2, 0.25) is 0 Å². The Morgan fingerprint density at radius 2 is 1.62 bits per heavy atom. The van der Waals surface area contributed by atoms with Crippen molar-refractivity contribution in [3.05, 3.63) is 59.2 Å². The SMILES string of the molecule is C=C(C)C(=O)OC(C)C(=O)C(C)C(=O)c1ccc2c3c(cccc13)C(=O)OC2=O. The summed E-state index contributed by atoms with van der Waals surface area (Å²) in [5.41, 5.74) is 0.681. The fourth-order valence-corrected chi connectivity index (χ4v) is 3.19. The van der Waals surface area contributed by atoms with Crippen molar-refractivity contribution < 1.29 is 33.4 Å². The third-order valence-electron chi connectivity index (χ3n) is 4.78. The fourth-order valence-electron chi connectivity index (χ4n) is 3.19. The summed E-state index contributed by atoms with van der Waals surface area (Å²) in [6.07, 6.45) is -1.13. The van der Waals surface area contributed by atoms with E-state index in [0.717, 1.165) is 0 Å². The zero-order chi connectivity index (χ0) is 21.5. The van der Waals surface area contributed by atoms with Crippen LogP contribution < -0.4 is 0 Å². The van der Waals surface area contributed by atoms with Crippen molar-refractivity contribution in [2.75, 3.05) is 0 Å². The Bertz CT molecular complexity index is 1090. The molecule has 0 saturated carbocycles. The molecular weight excluding hydrogens is 376 g/mol. The molecule has 2 unspecified atom stereocenters. The van der Waals surface area contributed by atoms with Crippen LogP contribution in [0.3, 0.4) is 0 Å².